The van der Waals surface area contributed by atoms with Gasteiger partial charge in [0.2, 0.25) is 0 Å². The number of hydrogen-bond acceptors (Lipinski definition) is 7. The number of ether oxygens (including phenoxy) is 2. The van der Waals surface area contributed by atoms with Crippen molar-refractivity contribution in [2.75, 3.05) is 39.3 Å². The fourth-order valence-electron chi connectivity index (χ4n) is 9.52. The van der Waals surface area contributed by atoms with Crippen LogP contribution in [0.4, 0.5) is 9.59 Å². The van der Waals surface area contributed by atoms with Crippen LogP contribution < -0.4 is 0 Å². The molecule has 4 aliphatic rings. The molecular formula is C52H67N7O6. The van der Waals surface area contributed by atoms with E-state index < -0.39 is 11.2 Å². The van der Waals surface area contributed by atoms with Gasteiger partial charge in [-0.05, 0) is 128 Å². The van der Waals surface area contributed by atoms with Gasteiger partial charge in [0, 0.05) is 114 Å². The molecule has 2 aromatic carbocycles. The van der Waals surface area contributed by atoms with Gasteiger partial charge < -0.3 is 38.6 Å². The zero-order chi connectivity index (χ0) is 46.2. The van der Waals surface area contributed by atoms with Gasteiger partial charge in [-0.1, -0.05) is 19.9 Å². The third kappa shape index (κ3) is 10.5. The molecule has 13 nitrogen and oxygen atoms in total. The predicted molar refractivity (Wildman–Crippen MR) is 253 cm³/mol. The first-order valence-electron chi connectivity index (χ1n) is 23.6. The molecule has 2 saturated heterocycles. The highest BCUT2D eigenvalue weighted by Crippen LogP contribution is 2.34. The van der Waals surface area contributed by atoms with E-state index >= 15 is 0 Å². The summed E-state index contributed by atoms with van der Waals surface area (Å²) in [4.78, 5) is 67.3. The van der Waals surface area contributed by atoms with E-state index in [0.717, 1.165) is 115 Å². The van der Waals surface area contributed by atoms with Crippen molar-refractivity contribution < 1.29 is 28.7 Å². The number of likely N-dealkylation sites (tertiary alicyclic amines) is 2. The number of fused-ring (bicyclic) bond motifs is 6. The molecule has 0 bridgehead atoms. The van der Waals surface area contributed by atoms with E-state index in [1.807, 2.05) is 106 Å². The Morgan fingerprint density at radius 2 is 1.18 bits per heavy atom. The van der Waals surface area contributed by atoms with Crippen LogP contribution in [-0.2, 0) is 41.9 Å². The Kier molecular flexibility index (Phi) is 13.1. The first-order valence-corrected chi connectivity index (χ1v) is 23.6. The Labute approximate surface area is 383 Å². The number of aromatic nitrogens is 3. The molecule has 4 amide bonds. The highest BCUT2D eigenvalue weighted by atomic mass is 16.6. The second-order valence-electron chi connectivity index (χ2n) is 20.7. The number of nitrogens with one attached hydrogen (secondary N) is 1. The highest BCUT2D eigenvalue weighted by molar-refractivity contribution is 6.00. The lowest BCUT2D eigenvalue weighted by molar-refractivity contribution is 0.0213. The Morgan fingerprint density at radius 1 is 0.646 bits per heavy atom. The van der Waals surface area contributed by atoms with Crippen molar-refractivity contribution in [1.29, 1.82) is 0 Å². The average Bonchev–Trinajstić information content (AvgIpc) is 3.79. The number of carbonyl (C=O) groups excluding carboxylic acids is 4. The molecule has 0 saturated carbocycles. The summed E-state index contributed by atoms with van der Waals surface area (Å²) in [6.07, 6.45) is 6.95. The van der Waals surface area contributed by atoms with E-state index in [-0.39, 0.29) is 24.0 Å². The van der Waals surface area contributed by atoms with Crippen molar-refractivity contribution in [2.45, 2.75) is 125 Å². The lowest BCUT2D eigenvalue weighted by Gasteiger charge is -2.31. The lowest BCUT2D eigenvalue weighted by Crippen LogP contribution is -2.40. The zero-order valence-electron chi connectivity index (χ0n) is 39.7. The molecule has 3 aromatic heterocycles. The third-order valence-corrected chi connectivity index (χ3v) is 13.2. The highest BCUT2D eigenvalue weighted by Gasteiger charge is 2.32. The second kappa shape index (κ2) is 18.6. The van der Waals surface area contributed by atoms with E-state index in [9.17, 15) is 19.2 Å². The number of H-pyrrole nitrogens is 1. The summed E-state index contributed by atoms with van der Waals surface area (Å²) in [6, 6.07) is 17.9. The molecule has 2 fully saturated rings. The quantitative estimate of drug-likeness (QED) is 0.190. The van der Waals surface area contributed by atoms with E-state index in [1.54, 1.807) is 9.80 Å². The molecule has 0 radical (unpaired) electrons. The molecule has 0 aliphatic carbocycles. The van der Waals surface area contributed by atoms with Crippen molar-refractivity contribution in [3.63, 3.8) is 0 Å². The minimum absolute atomic E-state index is 0.0924. The Balaban J connectivity index is 0.000000181. The van der Waals surface area contributed by atoms with Crippen molar-refractivity contribution in [1.82, 2.24) is 34.1 Å². The van der Waals surface area contributed by atoms with Crippen LogP contribution in [0.3, 0.4) is 0 Å². The van der Waals surface area contributed by atoms with E-state index in [2.05, 4.69) is 34.4 Å². The van der Waals surface area contributed by atoms with Gasteiger partial charge in [0.15, 0.2) is 0 Å². The maximum atomic E-state index is 13.4. The topological polar surface area (TPSA) is 133 Å². The van der Waals surface area contributed by atoms with E-state index in [0.29, 0.717) is 50.1 Å². The Hall–Kier alpha value is -5.85. The van der Waals surface area contributed by atoms with Crippen molar-refractivity contribution in [2.24, 2.45) is 11.8 Å². The van der Waals surface area contributed by atoms with Gasteiger partial charge in [0.1, 0.15) is 11.2 Å². The van der Waals surface area contributed by atoms with Crippen LogP contribution in [0.1, 0.15) is 130 Å². The van der Waals surface area contributed by atoms with Crippen LogP contribution in [0.2, 0.25) is 0 Å². The monoisotopic (exact) mass is 886 g/mol. The summed E-state index contributed by atoms with van der Waals surface area (Å²) in [5.74, 6) is 1.56. The van der Waals surface area contributed by atoms with Gasteiger partial charge in [-0.2, -0.15) is 0 Å². The lowest BCUT2D eigenvalue weighted by atomic mass is 9.98. The molecule has 0 spiro atoms. The van der Waals surface area contributed by atoms with Gasteiger partial charge >= 0.3 is 12.2 Å². The number of rotatable bonds is 4. The fraction of sp³-hybridized carbons (Fsp3) is 0.519. The SMILES string of the molecule is CC1CCN(C(=O)c2ccc3[nH]c4c(c3c2)CN(C(=O)OC(C)(C)C)CC4)CC1.CC1CCN(C(=O)c2ccc3c(c2)c2c(n3Cc3ccccn3)CCN(C(=O)OC(C)(C)C)C2)CC1. The third-order valence-electron chi connectivity index (χ3n) is 13.2. The number of piperidine rings is 2. The molecule has 65 heavy (non-hydrogen) atoms. The Bertz CT molecular complexity index is 2550. The maximum Gasteiger partial charge on any atom is 0.410 e. The number of amides is 4. The van der Waals surface area contributed by atoms with Crippen molar-refractivity contribution in [3.05, 3.63) is 100 Å². The van der Waals surface area contributed by atoms with Crippen LogP contribution in [-0.4, -0.2) is 109 Å². The molecule has 7 heterocycles. The summed E-state index contributed by atoms with van der Waals surface area (Å²) in [6.45, 7) is 21.9. The van der Waals surface area contributed by atoms with Crippen molar-refractivity contribution in [3.8, 4) is 0 Å². The Morgan fingerprint density at radius 3 is 1.74 bits per heavy atom. The van der Waals surface area contributed by atoms with Crippen LogP contribution in [0, 0.1) is 11.8 Å². The summed E-state index contributed by atoms with van der Waals surface area (Å²) in [5, 5.41) is 2.06. The van der Waals surface area contributed by atoms with Gasteiger partial charge in [-0.15, -0.1) is 0 Å². The predicted octanol–water partition coefficient (Wildman–Crippen LogP) is 9.58. The van der Waals surface area contributed by atoms with Gasteiger partial charge in [-0.25, -0.2) is 9.59 Å². The van der Waals surface area contributed by atoms with Crippen LogP contribution in [0.15, 0.2) is 60.8 Å². The fourth-order valence-corrected chi connectivity index (χ4v) is 9.52. The number of aromatic amines is 1. The van der Waals surface area contributed by atoms with Crippen molar-refractivity contribution >= 4 is 45.8 Å². The van der Waals surface area contributed by atoms with Crippen LogP contribution in [0.5, 0.6) is 0 Å². The molecule has 5 aromatic rings. The molecular weight excluding hydrogens is 819 g/mol. The van der Waals surface area contributed by atoms with Gasteiger partial charge in [0.05, 0.1) is 25.3 Å². The normalized spacial score (nSPS) is 17.4. The second-order valence-corrected chi connectivity index (χ2v) is 20.7. The number of carbonyl (C=O) groups is 4. The summed E-state index contributed by atoms with van der Waals surface area (Å²) in [7, 11) is 0. The summed E-state index contributed by atoms with van der Waals surface area (Å²) in [5.41, 5.74) is 7.99. The molecule has 0 atom stereocenters. The summed E-state index contributed by atoms with van der Waals surface area (Å²) < 4.78 is 13.5. The molecule has 13 heteroatoms. The summed E-state index contributed by atoms with van der Waals surface area (Å²) >= 11 is 0. The average molecular weight is 886 g/mol. The largest absolute Gasteiger partial charge is 0.444 e. The molecule has 346 valence electrons. The van der Waals surface area contributed by atoms with Gasteiger partial charge in [-0.3, -0.25) is 14.6 Å². The molecule has 1 N–H and O–H groups in total. The standard InChI is InChI=1S/C29H36N4O3.C23H31N3O3/c1-20-10-14-31(15-11-20)27(34)21-8-9-25-23(17-21)24-19-32(28(35)36-29(2,3)4)16-12-26(24)33(25)18-22-7-5-6-13-30-22;1-15-7-10-25(11-8-15)21(27)16-5-6-19-17(13-16)18-14-26(12-9-20(18)24-19)22(28)29-23(2,3)4/h5-9,13,17,20H,10-12,14-16,18-19H2,1-4H3;5-6,13,15,24H,7-12,14H2,1-4H3. The van der Waals surface area contributed by atoms with Crippen LogP contribution >= 0.6 is 0 Å². The molecule has 0 unspecified atom stereocenters. The molecule has 4 aliphatic heterocycles. The minimum Gasteiger partial charge on any atom is -0.444 e. The number of hydrogen-bond donors (Lipinski definition) is 1. The van der Waals surface area contributed by atoms with E-state index in [4.69, 9.17) is 9.47 Å². The first-order chi connectivity index (χ1) is 30.9. The maximum absolute atomic E-state index is 13.4. The van der Waals surface area contributed by atoms with Crippen LogP contribution in [0.25, 0.3) is 21.8 Å². The zero-order valence-corrected chi connectivity index (χ0v) is 39.7. The number of nitrogens with zero attached hydrogens (tertiary/aromatic N) is 6. The first kappa shape index (κ1) is 45.7. The number of benzene rings is 2. The smallest absolute Gasteiger partial charge is 0.410 e. The number of pyridine rings is 1. The van der Waals surface area contributed by atoms with E-state index in [1.165, 1.54) is 5.69 Å². The molecule has 9 rings (SSSR count). The minimum atomic E-state index is -0.546. The van der Waals surface area contributed by atoms with Gasteiger partial charge in [0.25, 0.3) is 11.8 Å².